The van der Waals surface area contributed by atoms with Gasteiger partial charge < -0.3 is 15.0 Å². The van der Waals surface area contributed by atoms with Crippen LogP contribution in [0.4, 0.5) is 5.69 Å². The maximum Gasteiger partial charge on any atom is 0.262 e. The molecule has 144 valence electrons. The molecule has 0 aliphatic rings. The van der Waals surface area contributed by atoms with Crippen molar-refractivity contribution in [1.82, 2.24) is 4.90 Å². The predicted molar refractivity (Wildman–Crippen MR) is 108 cm³/mol. The summed E-state index contributed by atoms with van der Waals surface area (Å²) in [5.74, 6) is 0.857. The van der Waals surface area contributed by atoms with Gasteiger partial charge in [0.15, 0.2) is 6.61 Å². The molecule has 0 radical (unpaired) electrons. The molecule has 0 unspecified atom stereocenters. The van der Waals surface area contributed by atoms with Crippen LogP contribution in [-0.2, 0) is 16.1 Å². The van der Waals surface area contributed by atoms with Crippen molar-refractivity contribution in [2.24, 2.45) is 0 Å². The van der Waals surface area contributed by atoms with Crippen LogP contribution < -0.4 is 10.1 Å². The van der Waals surface area contributed by atoms with Crippen molar-refractivity contribution in [1.29, 1.82) is 0 Å². The van der Waals surface area contributed by atoms with E-state index >= 15 is 0 Å². The summed E-state index contributed by atoms with van der Waals surface area (Å²) >= 11 is 0. The van der Waals surface area contributed by atoms with Gasteiger partial charge in [0.05, 0.1) is 0 Å². The number of benzene rings is 2. The molecule has 0 aromatic heterocycles. The van der Waals surface area contributed by atoms with E-state index in [0.29, 0.717) is 18.2 Å². The zero-order valence-corrected chi connectivity index (χ0v) is 16.7. The summed E-state index contributed by atoms with van der Waals surface area (Å²) in [6, 6.07) is 13.5. The van der Waals surface area contributed by atoms with Gasteiger partial charge in [0, 0.05) is 26.2 Å². The molecule has 0 aliphatic carbocycles. The molecule has 0 bridgehead atoms. The summed E-state index contributed by atoms with van der Waals surface area (Å²) in [6.45, 7) is 8.08. The summed E-state index contributed by atoms with van der Waals surface area (Å²) in [4.78, 5) is 25.4. The lowest BCUT2D eigenvalue weighted by Gasteiger charge is -2.18. The molecule has 27 heavy (non-hydrogen) atoms. The normalized spacial score (nSPS) is 10.6. The summed E-state index contributed by atoms with van der Waals surface area (Å²) in [5, 5.41) is 2.88. The van der Waals surface area contributed by atoms with Crippen molar-refractivity contribution in [3.63, 3.8) is 0 Å². The summed E-state index contributed by atoms with van der Waals surface area (Å²) in [6.07, 6.45) is 0. The van der Waals surface area contributed by atoms with E-state index in [2.05, 4.69) is 25.2 Å². The Bertz CT molecular complexity index is 815. The topological polar surface area (TPSA) is 58.6 Å². The molecular weight excluding hydrogens is 340 g/mol. The highest BCUT2D eigenvalue weighted by Gasteiger charge is 2.12. The predicted octanol–water partition coefficient (Wildman–Crippen LogP) is 4.11. The number of aryl methyl sites for hydroxylation is 1. The molecule has 5 heteroatoms. The van der Waals surface area contributed by atoms with Crippen LogP contribution in [0.25, 0.3) is 0 Å². The number of anilines is 1. The van der Waals surface area contributed by atoms with Gasteiger partial charge in [-0.05, 0) is 41.7 Å². The van der Waals surface area contributed by atoms with Crippen LogP contribution >= 0.6 is 0 Å². The van der Waals surface area contributed by atoms with Gasteiger partial charge in [0.1, 0.15) is 5.75 Å². The third-order valence-corrected chi connectivity index (χ3v) is 4.47. The lowest BCUT2D eigenvalue weighted by molar-refractivity contribution is -0.128. The Hall–Kier alpha value is -2.82. The van der Waals surface area contributed by atoms with Crippen LogP contribution in [0.15, 0.2) is 42.5 Å². The first kappa shape index (κ1) is 20.5. The maximum absolute atomic E-state index is 12.4. The van der Waals surface area contributed by atoms with Gasteiger partial charge in [0.25, 0.3) is 5.91 Å². The van der Waals surface area contributed by atoms with Crippen LogP contribution in [0.5, 0.6) is 5.75 Å². The lowest BCUT2D eigenvalue weighted by atomic mass is 10.0. The fourth-order valence-corrected chi connectivity index (χ4v) is 2.61. The Balaban J connectivity index is 2.03. The number of nitrogens with zero attached hydrogens (tertiary/aromatic N) is 1. The standard InChI is InChI=1S/C22H28N2O3/c1-15(2)18-11-10-16(3)21(12-18)27-14-22(26)23-20-9-7-6-8-19(20)13-24(5)17(4)25/h6-12,15H,13-14H2,1-5H3,(H,23,26). The summed E-state index contributed by atoms with van der Waals surface area (Å²) in [5.41, 5.74) is 3.73. The molecule has 0 saturated heterocycles. The second-order valence-corrected chi connectivity index (χ2v) is 7.05. The van der Waals surface area contributed by atoms with Crippen molar-refractivity contribution >= 4 is 17.5 Å². The van der Waals surface area contributed by atoms with Gasteiger partial charge in [-0.2, -0.15) is 0 Å². The quantitative estimate of drug-likeness (QED) is 0.800. The first-order valence-electron chi connectivity index (χ1n) is 9.10. The summed E-state index contributed by atoms with van der Waals surface area (Å²) in [7, 11) is 1.73. The Morgan fingerprint density at radius 1 is 1.15 bits per heavy atom. The number of rotatable bonds is 7. The Morgan fingerprint density at radius 3 is 2.52 bits per heavy atom. The first-order chi connectivity index (χ1) is 12.8. The van der Waals surface area contributed by atoms with Crippen molar-refractivity contribution in [3.05, 3.63) is 59.2 Å². The van der Waals surface area contributed by atoms with E-state index in [0.717, 1.165) is 16.9 Å². The number of ether oxygens (including phenoxy) is 1. The van der Waals surface area contributed by atoms with E-state index in [1.807, 2.05) is 43.3 Å². The molecule has 0 aliphatic heterocycles. The van der Waals surface area contributed by atoms with Gasteiger partial charge in [0.2, 0.25) is 5.91 Å². The number of nitrogens with one attached hydrogen (secondary N) is 1. The molecular formula is C22H28N2O3. The number of hydrogen-bond acceptors (Lipinski definition) is 3. The minimum Gasteiger partial charge on any atom is -0.483 e. The lowest BCUT2D eigenvalue weighted by Crippen LogP contribution is -2.25. The fourth-order valence-electron chi connectivity index (χ4n) is 2.61. The Labute approximate surface area is 161 Å². The summed E-state index contributed by atoms with van der Waals surface area (Å²) < 4.78 is 5.74. The monoisotopic (exact) mass is 368 g/mol. The molecule has 2 rings (SSSR count). The molecule has 2 aromatic carbocycles. The number of para-hydroxylation sites is 1. The van der Waals surface area contributed by atoms with Gasteiger partial charge in [-0.1, -0.05) is 44.2 Å². The van der Waals surface area contributed by atoms with Crippen LogP contribution in [0.2, 0.25) is 0 Å². The molecule has 5 nitrogen and oxygen atoms in total. The third-order valence-electron chi connectivity index (χ3n) is 4.47. The maximum atomic E-state index is 12.4. The molecule has 0 fully saturated rings. The minimum absolute atomic E-state index is 0.0278. The average Bonchev–Trinajstić information content (AvgIpc) is 2.62. The second kappa shape index (κ2) is 9.21. The van der Waals surface area contributed by atoms with Crippen molar-refractivity contribution in [3.8, 4) is 5.75 Å². The zero-order valence-electron chi connectivity index (χ0n) is 16.7. The third kappa shape index (κ3) is 5.84. The van der Waals surface area contributed by atoms with Crippen molar-refractivity contribution < 1.29 is 14.3 Å². The number of amides is 2. The van der Waals surface area contributed by atoms with Crippen LogP contribution in [-0.4, -0.2) is 30.4 Å². The van der Waals surface area contributed by atoms with Gasteiger partial charge in [-0.25, -0.2) is 0 Å². The van der Waals surface area contributed by atoms with Gasteiger partial charge >= 0.3 is 0 Å². The van der Waals surface area contributed by atoms with E-state index < -0.39 is 0 Å². The highest BCUT2D eigenvalue weighted by molar-refractivity contribution is 5.92. The molecule has 0 atom stereocenters. The second-order valence-electron chi connectivity index (χ2n) is 7.05. The number of carbonyl (C=O) groups excluding carboxylic acids is 2. The smallest absolute Gasteiger partial charge is 0.262 e. The van der Waals surface area contributed by atoms with Crippen LogP contribution in [0.1, 0.15) is 43.4 Å². The fraction of sp³-hybridized carbons (Fsp3) is 0.364. The molecule has 0 spiro atoms. The van der Waals surface area contributed by atoms with E-state index in [1.54, 1.807) is 11.9 Å². The number of hydrogen-bond donors (Lipinski definition) is 1. The highest BCUT2D eigenvalue weighted by atomic mass is 16.5. The van der Waals surface area contributed by atoms with Crippen LogP contribution in [0, 0.1) is 6.92 Å². The van der Waals surface area contributed by atoms with Gasteiger partial charge in [-0.15, -0.1) is 0 Å². The molecule has 0 saturated carbocycles. The first-order valence-corrected chi connectivity index (χ1v) is 9.10. The molecule has 2 aromatic rings. The van der Waals surface area contributed by atoms with Crippen molar-refractivity contribution in [2.45, 2.75) is 40.2 Å². The minimum atomic E-state index is -0.234. The highest BCUT2D eigenvalue weighted by Crippen LogP contribution is 2.24. The zero-order chi connectivity index (χ0) is 20.0. The molecule has 0 heterocycles. The van der Waals surface area contributed by atoms with E-state index in [-0.39, 0.29) is 18.4 Å². The van der Waals surface area contributed by atoms with E-state index in [4.69, 9.17) is 4.74 Å². The Morgan fingerprint density at radius 2 is 1.85 bits per heavy atom. The van der Waals surface area contributed by atoms with Gasteiger partial charge in [-0.3, -0.25) is 9.59 Å². The SMILES string of the molecule is CC(=O)N(C)Cc1ccccc1NC(=O)COc1cc(C(C)C)ccc1C. The molecule has 2 amide bonds. The van der Waals surface area contributed by atoms with E-state index in [9.17, 15) is 9.59 Å². The van der Waals surface area contributed by atoms with Crippen molar-refractivity contribution in [2.75, 3.05) is 19.0 Å². The number of carbonyl (C=O) groups is 2. The average molecular weight is 368 g/mol. The largest absolute Gasteiger partial charge is 0.483 e. The van der Waals surface area contributed by atoms with E-state index in [1.165, 1.54) is 12.5 Å². The Kier molecular flexibility index (Phi) is 6.99. The molecule has 1 N–H and O–H groups in total. The van der Waals surface area contributed by atoms with Crippen LogP contribution in [0.3, 0.4) is 0 Å².